The van der Waals surface area contributed by atoms with Gasteiger partial charge in [0.15, 0.2) is 0 Å². The van der Waals surface area contributed by atoms with Gasteiger partial charge in [0.05, 0.1) is 6.04 Å². The van der Waals surface area contributed by atoms with E-state index in [0.29, 0.717) is 6.04 Å². The number of amides is 1. The number of carbonyl (C=O) groups excluding carboxylic acids is 1. The average Bonchev–Trinajstić information content (AvgIpc) is 2.49. The zero-order valence-corrected chi connectivity index (χ0v) is 16.5. The standard InChI is InChI=1S/C20H33N3O2/c1-15-13-23(12-11-22(15)6)14-17-7-9-18(10-8-17)16(2)21-19(24)25-20(3,4)5/h7-10,15-16H,11-14H2,1-6H3,(H,21,24)/t15-,16-/m0/s1. The van der Waals surface area contributed by atoms with Crippen molar-refractivity contribution in [3.63, 3.8) is 0 Å². The fraction of sp³-hybridized carbons (Fsp3) is 0.650. The van der Waals surface area contributed by atoms with Crippen LogP contribution < -0.4 is 5.32 Å². The highest BCUT2D eigenvalue weighted by atomic mass is 16.6. The summed E-state index contributed by atoms with van der Waals surface area (Å²) in [5, 5.41) is 2.89. The number of hydrogen-bond donors (Lipinski definition) is 1. The number of nitrogens with one attached hydrogen (secondary N) is 1. The van der Waals surface area contributed by atoms with Crippen molar-refractivity contribution < 1.29 is 9.53 Å². The number of nitrogens with zero attached hydrogens (tertiary/aromatic N) is 2. The van der Waals surface area contributed by atoms with Crippen molar-refractivity contribution in [2.75, 3.05) is 26.7 Å². The Labute approximate surface area is 152 Å². The summed E-state index contributed by atoms with van der Waals surface area (Å²) < 4.78 is 5.31. The number of rotatable bonds is 4. The largest absolute Gasteiger partial charge is 0.444 e. The van der Waals surface area contributed by atoms with E-state index in [0.717, 1.165) is 31.7 Å². The number of likely N-dealkylation sites (N-methyl/N-ethyl adjacent to an activating group) is 1. The Morgan fingerprint density at radius 3 is 2.48 bits per heavy atom. The molecule has 0 aromatic heterocycles. The van der Waals surface area contributed by atoms with Gasteiger partial charge < -0.3 is 15.0 Å². The molecule has 1 aromatic carbocycles. The molecule has 0 bridgehead atoms. The number of benzene rings is 1. The summed E-state index contributed by atoms with van der Waals surface area (Å²) in [6.45, 7) is 14.2. The summed E-state index contributed by atoms with van der Waals surface area (Å²) in [5.74, 6) is 0. The summed E-state index contributed by atoms with van der Waals surface area (Å²) in [7, 11) is 2.19. The lowest BCUT2D eigenvalue weighted by Gasteiger charge is -2.37. The summed E-state index contributed by atoms with van der Waals surface area (Å²) >= 11 is 0. The van der Waals surface area contributed by atoms with Gasteiger partial charge in [0.25, 0.3) is 0 Å². The Balaban J connectivity index is 1.87. The van der Waals surface area contributed by atoms with Crippen molar-refractivity contribution in [2.24, 2.45) is 0 Å². The Morgan fingerprint density at radius 2 is 1.92 bits per heavy atom. The van der Waals surface area contributed by atoms with E-state index in [1.54, 1.807) is 0 Å². The number of piperazine rings is 1. The van der Waals surface area contributed by atoms with E-state index in [-0.39, 0.29) is 12.1 Å². The first-order valence-electron chi connectivity index (χ1n) is 9.15. The molecule has 1 N–H and O–H groups in total. The van der Waals surface area contributed by atoms with E-state index in [1.165, 1.54) is 5.56 Å². The van der Waals surface area contributed by atoms with Crippen LogP contribution in [0.4, 0.5) is 4.79 Å². The van der Waals surface area contributed by atoms with Gasteiger partial charge in [0.1, 0.15) is 5.60 Å². The quantitative estimate of drug-likeness (QED) is 0.906. The van der Waals surface area contributed by atoms with Crippen molar-refractivity contribution in [3.8, 4) is 0 Å². The van der Waals surface area contributed by atoms with Crippen LogP contribution in [0.15, 0.2) is 24.3 Å². The summed E-state index contributed by atoms with van der Waals surface area (Å²) in [4.78, 5) is 16.8. The van der Waals surface area contributed by atoms with Gasteiger partial charge in [0, 0.05) is 32.2 Å². The predicted molar refractivity (Wildman–Crippen MR) is 102 cm³/mol. The highest BCUT2D eigenvalue weighted by Gasteiger charge is 2.21. The molecule has 1 aromatic rings. The number of alkyl carbamates (subject to hydrolysis) is 1. The maximum Gasteiger partial charge on any atom is 0.408 e. The lowest BCUT2D eigenvalue weighted by Crippen LogP contribution is -2.49. The van der Waals surface area contributed by atoms with Gasteiger partial charge >= 0.3 is 6.09 Å². The van der Waals surface area contributed by atoms with E-state index in [1.807, 2.05) is 27.7 Å². The number of carbonyl (C=O) groups is 1. The van der Waals surface area contributed by atoms with Gasteiger partial charge in [-0.1, -0.05) is 24.3 Å². The molecule has 2 atom stereocenters. The van der Waals surface area contributed by atoms with Crippen molar-refractivity contribution in [1.29, 1.82) is 0 Å². The van der Waals surface area contributed by atoms with Crippen LogP contribution in [-0.2, 0) is 11.3 Å². The molecule has 1 fully saturated rings. The van der Waals surface area contributed by atoms with Crippen LogP contribution in [0.1, 0.15) is 51.8 Å². The average molecular weight is 348 g/mol. The molecule has 5 nitrogen and oxygen atoms in total. The van der Waals surface area contributed by atoms with Crippen molar-refractivity contribution in [3.05, 3.63) is 35.4 Å². The maximum atomic E-state index is 11.9. The highest BCUT2D eigenvalue weighted by Crippen LogP contribution is 2.17. The predicted octanol–water partition coefficient (Wildman–Crippen LogP) is 3.41. The molecular formula is C20H33N3O2. The maximum absolute atomic E-state index is 11.9. The minimum Gasteiger partial charge on any atom is -0.444 e. The fourth-order valence-corrected chi connectivity index (χ4v) is 3.01. The monoisotopic (exact) mass is 347 g/mol. The molecule has 5 heteroatoms. The molecule has 2 rings (SSSR count). The van der Waals surface area contributed by atoms with Crippen molar-refractivity contribution >= 4 is 6.09 Å². The van der Waals surface area contributed by atoms with Crippen molar-refractivity contribution in [2.45, 2.75) is 58.8 Å². The molecule has 0 spiro atoms. The Kier molecular flexibility index (Phi) is 6.47. The topological polar surface area (TPSA) is 44.8 Å². The van der Waals surface area contributed by atoms with Crippen LogP contribution in [-0.4, -0.2) is 54.2 Å². The third kappa shape index (κ3) is 6.33. The lowest BCUT2D eigenvalue weighted by molar-refractivity contribution is 0.0508. The highest BCUT2D eigenvalue weighted by molar-refractivity contribution is 5.68. The number of ether oxygens (including phenoxy) is 1. The Bertz CT molecular complexity index is 565. The van der Waals surface area contributed by atoms with Crippen LogP contribution in [0.3, 0.4) is 0 Å². The normalized spacial score (nSPS) is 21.0. The van der Waals surface area contributed by atoms with E-state index >= 15 is 0 Å². The van der Waals surface area contributed by atoms with Gasteiger partial charge in [0.2, 0.25) is 0 Å². The van der Waals surface area contributed by atoms with Gasteiger partial charge in [-0.3, -0.25) is 4.90 Å². The zero-order valence-electron chi connectivity index (χ0n) is 16.5. The zero-order chi connectivity index (χ0) is 18.6. The van der Waals surface area contributed by atoms with E-state index < -0.39 is 5.60 Å². The molecule has 0 unspecified atom stereocenters. The SMILES string of the molecule is C[C@H](NC(=O)OC(C)(C)C)c1ccc(CN2CCN(C)[C@@H](C)C2)cc1. The minimum absolute atomic E-state index is 0.0763. The van der Waals surface area contributed by atoms with Gasteiger partial charge in [-0.25, -0.2) is 4.79 Å². The first-order valence-corrected chi connectivity index (χ1v) is 9.15. The van der Waals surface area contributed by atoms with Crippen molar-refractivity contribution in [1.82, 2.24) is 15.1 Å². The summed E-state index contributed by atoms with van der Waals surface area (Å²) in [5.41, 5.74) is 1.92. The smallest absolute Gasteiger partial charge is 0.408 e. The second kappa shape index (κ2) is 8.19. The van der Waals surface area contributed by atoms with Crippen LogP contribution >= 0.6 is 0 Å². The molecule has 1 aliphatic rings. The molecule has 1 heterocycles. The van der Waals surface area contributed by atoms with E-state index in [9.17, 15) is 4.79 Å². The van der Waals surface area contributed by atoms with Gasteiger partial charge in [-0.15, -0.1) is 0 Å². The van der Waals surface area contributed by atoms with Crippen LogP contribution in [0, 0.1) is 0 Å². The van der Waals surface area contributed by atoms with Gasteiger partial charge in [-0.05, 0) is 52.8 Å². The fourth-order valence-electron chi connectivity index (χ4n) is 3.01. The van der Waals surface area contributed by atoms with Gasteiger partial charge in [-0.2, -0.15) is 0 Å². The third-order valence-corrected chi connectivity index (χ3v) is 4.66. The minimum atomic E-state index is -0.479. The molecule has 0 aliphatic carbocycles. The molecule has 0 saturated carbocycles. The number of hydrogen-bond acceptors (Lipinski definition) is 4. The molecule has 25 heavy (non-hydrogen) atoms. The molecule has 1 saturated heterocycles. The first kappa shape index (κ1) is 19.7. The van der Waals surface area contributed by atoms with E-state index in [2.05, 4.69) is 53.4 Å². The summed E-state index contributed by atoms with van der Waals surface area (Å²) in [6.07, 6.45) is -0.379. The molecular weight excluding hydrogens is 314 g/mol. The third-order valence-electron chi connectivity index (χ3n) is 4.66. The van der Waals surface area contributed by atoms with Crippen LogP contribution in [0.25, 0.3) is 0 Å². The van der Waals surface area contributed by atoms with Crippen LogP contribution in [0.2, 0.25) is 0 Å². The second-order valence-corrected chi connectivity index (χ2v) is 8.17. The second-order valence-electron chi connectivity index (χ2n) is 8.17. The molecule has 0 radical (unpaired) electrons. The molecule has 140 valence electrons. The van der Waals surface area contributed by atoms with Crippen LogP contribution in [0.5, 0.6) is 0 Å². The first-order chi connectivity index (χ1) is 11.6. The lowest BCUT2D eigenvalue weighted by atomic mass is 10.1. The molecule has 1 amide bonds. The Hall–Kier alpha value is -1.59. The Morgan fingerprint density at radius 1 is 1.28 bits per heavy atom. The van der Waals surface area contributed by atoms with E-state index in [4.69, 9.17) is 4.74 Å². The molecule has 1 aliphatic heterocycles. The summed E-state index contributed by atoms with van der Waals surface area (Å²) in [6, 6.07) is 9.03.